The van der Waals surface area contributed by atoms with Crippen LogP contribution in [0.3, 0.4) is 0 Å². The summed E-state index contributed by atoms with van der Waals surface area (Å²) in [7, 11) is -1.50. The average Bonchev–Trinajstić information content (AvgIpc) is 2.71. The Labute approximate surface area is 177 Å². The van der Waals surface area contributed by atoms with Gasteiger partial charge in [0.15, 0.2) is 0 Å². The molecule has 1 atom stereocenters. The molecule has 12 heteroatoms. The first-order chi connectivity index (χ1) is 14.5. The van der Waals surface area contributed by atoms with E-state index in [4.69, 9.17) is 9.47 Å². The van der Waals surface area contributed by atoms with Crippen molar-refractivity contribution >= 4 is 15.7 Å². The third-order valence-corrected chi connectivity index (χ3v) is 5.56. The predicted molar refractivity (Wildman–Crippen MR) is 105 cm³/mol. The highest BCUT2D eigenvalue weighted by atomic mass is 32.2. The van der Waals surface area contributed by atoms with Crippen LogP contribution in [-0.2, 0) is 25.5 Å². The maximum Gasteiger partial charge on any atom is 0.433 e. The van der Waals surface area contributed by atoms with Crippen LogP contribution in [0.25, 0.3) is 11.3 Å². The number of benzene rings is 1. The fourth-order valence-corrected chi connectivity index (χ4v) is 3.69. The number of carbonyl (C=O) groups excluding carboxylic acids is 1. The van der Waals surface area contributed by atoms with Crippen LogP contribution in [0.1, 0.15) is 19.0 Å². The van der Waals surface area contributed by atoms with Crippen LogP contribution in [0.15, 0.2) is 35.5 Å². The molecule has 8 nitrogen and oxygen atoms in total. The number of alkyl halides is 3. The minimum atomic E-state index is -4.89. The van der Waals surface area contributed by atoms with Gasteiger partial charge < -0.3 is 14.8 Å². The zero-order valence-corrected chi connectivity index (χ0v) is 17.9. The number of hydrogen-bond acceptors (Lipinski definition) is 7. The number of halogens is 3. The molecule has 0 unspecified atom stereocenters. The van der Waals surface area contributed by atoms with Gasteiger partial charge in [0.25, 0.3) is 0 Å². The number of carbonyl (C=O) groups is 1. The molecule has 0 radical (unpaired) electrons. The van der Waals surface area contributed by atoms with E-state index in [9.17, 15) is 26.4 Å². The molecule has 0 saturated carbocycles. The van der Waals surface area contributed by atoms with Gasteiger partial charge in [0, 0.05) is 25.1 Å². The summed E-state index contributed by atoms with van der Waals surface area (Å²) in [6, 6.07) is 6.21. The Balaban J connectivity index is 2.34. The molecular weight excluding hydrogens is 439 g/mol. The van der Waals surface area contributed by atoms with Gasteiger partial charge in [0.05, 0.1) is 25.2 Å². The number of hydrogen-bond donors (Lipinski definition) is 1. The Morgan fingerprint density at radius 3 is 2.35 bits per heavy atom. The van der Waals surface area contributed by atoms with Gasteiger partial charge >= 0.3 is 6.18 Å². The summed E-state index contributed by atoms with van der Waals surface area (Å²) in [5.74, 6) is -0.868. The molecule has 1 aromatic heterocycles. The second-order valence-electron chi connectivity index (χ2n) is 6.64. The van der Waals surface area contributed by atoms with E-state index >= 15 is 0 Å². The summed E-state index contributed by atoms with van der Waals surface area (Å²) < 4.78 is 75.0. The lowest BCUT2D eigenvalue weighted by Crippen LogP contribution is -2.36. The molecule has 2 aromatic rings. The molecule has 0 saturated heterocycles. The van der Waals surface area contributed by atoms with E-state index in [2.05, 4.69) is 15.3 Å². The van der Waals surface area contributed by atoms with Gasteiger partial charge in [0.2, 0.25) is 20.9 Å². The van der Waals surface area contributed by atoms with Crippen molar-refractivity contribution in [2.24, 2.45) is 0 Å². The molecule has 0 spiro atoms. The van der Waals surface area contributed by atoms with Crippen molar-refractivity contribution in [3.8, 4) is 17.0 Å². The zero-order chi connectivity index (χ0) is 23.2. The Hall–Kier alpha value is -2.73. The van der Waals surface area contributed by atoms with Gasteiger partial charge in [-0.2, -0.15) is 13.2 Å². The van der Waals surface area contributed by atoms with Gasteiger partial charge in [-0.15, -0.1) is 0 Å². The largest absolute Gasteiger partial charge is 0.497 e. The van der Waals surface area contributed by atoms with Crippen molar-refractivity contribution in [2.75, 3.05) is 26.6 Å². The molecule has 1 amide bonds. The highest BCUT2D eigenvalue weighted by Gasteiger charge is 2.35. The van der Waals surface area contributed by atoms with Crippen molar-refractivity contribution in [2.45, 2.75) is 30.7 Å². The smallest absolute Gasteiger partial charge is 0.433 e. The van der Waals surface area contributed by atoms with Crippen LogP contribution in [-0.4, -0.2) is 56.9 Å². The second kappa shape index (κ2) is 10.1. The fourth-order valence-electron chi connectivity index (χ4n) is 2.58. The summed E-state index contributed by atoms with van der Waals surface area (Å²) in [5, 5.41) is 1.53. The molecule has 2 rings (SSSR count). The highest BCUT2D eigenvalue weighted by Crippen LogP contribution is 2.31. The second-order valence-corrected chi connectivity index (χ2v) is 8.64. The van der Waals surface area contributed by atoms with E-state index < -0.39 is 44.9 Å². The van der Waals surface area contributed by atoms with Crippen molar-refractivity contribution in [1.82, 2.24) is 15.3 Å². The first kappa shape index (κ1) is 24.5. The summed E-state index contributed by atoms with van der Waals surface area (Å²) >= 11 is 0. The monoisotopic (exact) mass is 461 g/mol. The van der Waals surface area contributed by atoms with Crippen LogP contribution in [0.4, 0.5) is 13.2 Å². The number of amides is 1. The molecule has 0 aliphatic carbocycles. The van der Waals surface area contributed by atoms with Gasteiger partial charge in [0.1, 0.15) is 11.4 Å². The number of rotatable bonds is 9. The third-order valence-electron chi connectivity index (χ3n) is 4.08. The number of sulfone groups is 1. The average molecular weight is 461 g/mol. The zero-order valence-electron chi connectivity index (χ0n) is 17.1. The summed E-state index contributed by atoms with van der Waals surface area (Å²) in [6.45, 7) is 1.88. The first-order valence-corrected chi connectivity index (χ1v) is 10.7. The standard InChI is InChI=1S/C19H22F3N3O5S/c1-12(11-29-2)23-17(26)8-9-31(27,28)18-24-15(10-16(25-18)19(20,21)22)13-4-6-14(30-3)7-5-13/h4-7,10,12H,8-9,11H2,1-3H3,(H,23,26)/t12-/m0/s1. The van der Waals surface area contributed by atoms with Crippen molar-refractivity contribution < 1.29 is 35.9 Å². The van der Waals surface area contributed by atoms with E-state index in [1.54, 1.807) is 6.92 Å². The Morgan fingerprint density at radius 2 is 1.81 bits per heavy atom. The van der Waals surface area contributed by atoms with Crippen molar-refractivity contribution in [3.05, 3.63) is 36.0 Å². The van der Waals surface area contributed by atoms with E-state index in [0.29, 0.717) is 11.8 Å². The van der Waals surface area contributed by atoms with E-state index in [0.717, 1.165) is 0 Å². The molecule has 31 heavy (non-hydrogen) atoms. The lowest BCUT2D eigenvalue weighted by atomic mass is 10.1. The SMILES string of the molecule is COC[C@H](C)NC(=O)CCS(=O)(=O)c1nc(-c2ccc(OC)cc2)cc(C(F)(F)F)n1. The summed E-state index contributed by atoms with van der Waals surface area (Å²) in [5.41, 5.74) is -1.37. The Morgan fingerprint density at radius 1 is 1.16 bits per heavy atom. The summed E-state index contributed by atoms with van der Waals surface area (Å²) in [6.07, 6.45) is -5.35. The van der Waals surface area contributed by atoms with Gasteiger partial charge in [-0.3, -0.25) is 4.79 Å². The van der Waals surface area contributed by atoms with E-state index in [-0.39, 0.29) is 23.9 Å². The number of nitrogens with zero attached hydrogens (tertiary/aromatic N) is 2. The molecule has 170 valence electrons. The fraction of sp³-hybridized carbons (Fsp3) is 0.421. The molecular formula is C19H22F3N3O5S. The van der Waals surface area contributed by atoms with Gasteiger partial charge in [-0.05, 0) is 37.3 Å². The lowest BCUT2D eigenvalue weighted by Gasteiger charge is -2.13. The van der Waals surface area contributed by atoms with Crippen molar-refractivity contribution in [1.29, 1.82) is 0 Å². The Kier molecular flexibility index (Phi) is 7.96. The molecule has 1 N–H and O–H groups in total. The molecule has 0 fully saturated rings. The summed E-state index contributed by atoms with van der Waals surface area (Å²) in [4.78, 5) is 18.9. The van der Waals surface area contributed by atoms with E-state index in [1.807, 2.05) is 0 Å². The topological polar surface area (TPSA) is 107 Å². The molecule has 0 aliphatic rings. The lowest BCUT2D eigenvalue weighted by molar-refractivity contribution is -0.141. The predicted octanol–water partition coefficient (Wildman–Crippen LogP) is 2.49. The maximum atomic E-state index is 13.3. The van der Waals surface area contributed by atoms with Crippen LogP contribution in [0, 0.1) is 0 Å². The quantitative estimate of drug-likeness (QED) is 0.572. The number of ether oxygens (including phenoxy) is 2. The number of aromatic nitrogens is 2. The molecule has 1 aromatic carbocycles. The Bertz CT molecular complexity index is 1010. The van der Waals surface area contributed by atoms with Gasteiger partial charge in [-0.25, -0.2) is 18.4 Å². The van der Waals surface area contributed by atoms with Crippen LogP contribution >= 0.6 is 0 Å². The first-order valence-electron chi connectivity index (χ1n) is 9.08. The minimum Gasteiger partial charge on any atom is -0.497 e. The number of nitrogens with one attached hydrogen (secondary N) is 1. The van der Waals surface area contributed by atoms with Crippen molar-refractivity contribution in [3.63, 3.8) is 0 Å². The number of methoxy groups -OCH3 is 2. The highest BCUT2D eigenvalue weighted by molar-refractivity contribution is 7.91. The third kappa shape index (κ3) is 6.89. The van der Waals surface area contributed by atoms with Crippen LogP contribution in [0.2, 0.25) is 0 Å². The van der Waals surface area contributed by atoms with Gasteiger partial charge in [-0.1, -0.05) is 0 Å². The normalized spacial score (nSPS) is 13.0. The van der Waals surface area contributed by atoms with Crippen LogP contribution < -0.4 is 10.1 Å². The van der Waals surface area contributed by atoms with E-state index in [1.165, 1.54) is 38.5 Å². The minimum absolute atomic E-state index is 0.221. The molecule has 0 aliphatic heterocycles. The van der Waals surface area contributed by atoms with Crippen LogP contribution in [0.5, 0.6) is 5.75 Å². The maximum absolute atomic E-state index is 13.3. The molecule has 0 bridgehead atoms. The molecule has 1 heterocycles.